The van der Waals surface area contributed by atoms with E-state index in [2.05, 4.69) is 22.6 Å². The molecule has 1 heterocycles. The highest BCUT2D eigenvalue weighted by Gasteiger charge is 2.29. The lowest BCUT2D eigenvalue weighted by Gasteiger charge is -2.31. The van der Waals surface area contributed by atoms with E-state index in [1.165, 1.54) is 12.1 Å². The molecule has 0 saturated carbocycles. The third-order valence-electron chi connectivity index (χ3n) is 4.61. The maximum absolute atomic E-state index is 13.4. The maximum Gasteiger partial charge on any atom is 0.150 e. The van der Waals surface area contributed by atoms with Crippen LogP contribution in [0, 0.1) is 9.39 Å². The number of halogens is 2. The maximum atomic E-state index is 13.4. The van der Waals surface area contributed by atoms with Crippen molar-refractivity contribution in [3.8, 4) is 11.5 Å². The van der Waals surface area contributed by atoms with Gasteiger partial charge in [-0.15, -0.1) is 0 Å². The Morgan fingerprint density at radius 2 is 1.65 bits per heavy atom. The van der Waals surface area contributed by atoms with Crippen LogP contribution >= 0.6 is 22.6 Å². The van der Waals surface area contributed by atoms with Crippen LogP contribution in [0.2, 0.25) is 0 Å². The minimum Gasteiger partial charge on any atom is -0.508 e. The summed E-state index contributed by atoms with van der Waals surface area (Å²) in [5, 5.41) is 9.84. The third-order valence-corrected chi connectivity index (χ3v) is 5.33. The van der Waals surface area contributed by atoms with E-state index < -0.39 is 0 Å². The first-order valence-electron chi connectivity index (χ1n) is 8.25. The van der Waals surface area contributed by atoms with E-state index in [0.29, 0.717) is 5.75 Å². The van der Waals surface area contributed by atoms with Crippen molar-refractivity contribution in [3.05, 3.63) is 92.8 Å². The zero-order chi connectivity index (χ0) is 18.3. The topological polar surface area (TPSA) is 29.5 Å². The molecule has 1 aliphatic rings. The summed E-state index contributed by atoms with van der Waals surface area (Å²) in [6.45, 7) is 2.04. The number of benzene rings is 3. The highest BCUT2D eigenvalue weighted by molar-refractivity contribution is 14.1. The number of fused-ring (bicyclic) bond motifs is 1. The summed E-state index contributed by atoms with van der Waals surface area (Å²) in [6.07, 6.45) is -0.327. The number of phenolic OH excluding ortho intramolecular Hbond substituents is 1. The van der Waals surface area contributed by atoms with Gasteiger partial charge in [-0.25, -0.2) is 4.39 Å². The van der Waals surface area contributed by atoms with Gasteiger partial charge >= 0.3 is 0 Å². The van der Waals surface area contributed by atoms with Gasteiger partial charge in [0, 0.05) is 20.8 Å². The minimum absolute atomic E-state index is 0.170. The van der Waals surface area contributed by atoms with E-state index in [1.54, 1.807) is 24.3 Å². The highest BCUT2D eigenvalue weighted by Crippen LogP contribution is 2.47. The van der Waals surface area contributed by atoms with Crippen molar-refractivity contribution in [3.63, 3.8) is 0 Å². The van der Waals surface area contributed by atoms with E-state index in [0.717, 1.165) is 31.4 Å². The molecule has 2 nitrogen and oxygen atoms in total. The second-order valence-electron chi connectivity index (χ2n) is 6.28. The first-order valence-corrected chi connectivity index (χ1v) is 9.33. The molecule has 0 radical (unpaired) electrons. The van der Waals surface area contributed by atoms with Gasteiger partial charge in [0.2, 0.25) is 0 Å². The molecule has 3 aromatic carbocycles. The van der Waals surface area contributed by atoms with Crippen molar-refractivity contribution in [2.75, 3.05) is 0 Å². The second-order valence-corrected chi connectivity index (χ2v) is 7.52. The van der Waals surface area contributed by atoms with E-state index in [1.807, 2.05) is 37.3 Å². The molecule has 3 aromatic rings. The summed E-state index contributed by atoms with van der Waals surface area (Å²) in [4.78, 5) is 0. The van der Waals surface area contributed by atoms with Crippen LogP contribution in [0.15, 0.2) is 66.7 Å². The Morgan fingerprint density at radius 3 is 2.35 bits per heavy atom. The smallest absolute Gasteiger partial charge is 0.150 e. The number of ether oxygens (including phenoxy) is 1. The fraction of sp³-hybridized carbons (Fsp3) is 0.0909. The molecule has 4 rings (SSSR count). The molecule has 26 heavy (non-hydrogen) atoms. The Hall–Kier alpha value is -2.34. The van der Waals surface area contributed by atoms with Crippen molar-refractivity contribution in [1.82, 2.24) is 0 Å². The van der Waals surface area contributed by atoms with Gasteiger partial charge in [-0.1, -0.05) is 24.3 Å². The molecule has 0 spiro atoms. The summed E-state index contributed by atoms with van der Waals surface area (Å²) in [5.74, 6) is 0.555. The van der Waals surface area contributed by atoms with E-state index in [9.17, 15) is 9.50 Å². The normalized spacial score (nSPS) is 16.2. The predicted molar refractivity (Wildman–Crippen MR) is 110 cm³/mol. The number of aromatic hydroxyl groups is 1. The van der Waals surface area contributed by atoms with Crippen LogP contribution in [-0.4, -0.2) is 5.11 Å². The monoisotopic (exact) mass is 458 g/mol. The van der Waals surface area contributed by atoms with Crippen molar-refractivity contribution in [1.29, 1.82) is 0 Å². The molecule has 0 saturated heterocycles. The third kappa shape index (κ3) is 3.09. The van der Waals surface area contributed by atoms with Crippen LogP contribution in [0.25, 0.3) is 11.1 Å². The van der Waals surface area contributed by atoms with E-state index >= 15 is 0 Å². The summed E-state index contributed by atoms with van der Waals surface area (Å²) in [6, 6.07) is 19.8. The molecule has 130 valence electrons. The van der Waals surface area contributed by atoms with Crippen LogP contribution in [0.4, 0.5) is 4.39 Å². The zero-order valence-corrected chi connectivity index (χ0v) is 16.2. The first-order chi connectivity index (χ1) is 12.5. The van der Waals surface area contributed by atoms with Crippen LogP contribution in [0.3, 0.4) is 0 Å². The average Bonchev–Trinajstić information content (AvgIpc) is 2.63. The van der Waals surface area contributed by atoms with Gasteiger partial charge in [0.15, 0.2) is 0 Å². The molecule has 1 unspecified atom stereocenters. The van der Waals surface area contributed by atoms with Crippen molar-refractivity contribution < 1.29 is 14.2 Å². The molecule has 0 amide bonds. The Balaban J connectivity index is 1.92. The van der Waals surface area contributed by atoms with Crippen molar-refractivity contribution in [2.24, 2.45) is 0 Å². The van der Waals surface area contributed by atoms with Gasteiger partial charge in [-0.2, -0.15) is 0 Å². The number of hydrogen-bond acceptors (Lipinski definition) is 2. The second kappa shape index (κ2) is 6.76. The Morgan fingerprint density at radius 1 is 0.962 bits per heavy atom. The molecule has 0 aliphatic carbocycles. The van der Waals surface area contributed by atoms with Gasteiger partial charge in [0.05, 0.1) is 0 Å². The number of phenols is 1. The lowest BCUT2D eigenvalue weighted by Crippen LogP contribution is -2.16. The number of rotatable bonds is 2. The van der Waals surface area contributed by atoms with Gasteiger partial charge in [-0.05, 0) is 82.6 Å². The fourth-order valence-corrected chi connectivity index (χ4v) is 3.68. The van der Waals surface area contributed by atoms with Crippen LogP contribution in [0.1, 0.15) is 29.7 Å². The first kappa shape index (κ1) is 17.1. The SMILES string of the molecule is CC1=C(c2ccc(F)cc2)C(c2ccc(I)cc2)Oc2cc(O)ccc21. The lowest BCUT2D eigenvalue weighted by molar-refractivity contribution is 0.259. The minimum atomic E-state index is -0.327. The lowest BCUT2D eigenvalue weighted by atomic mass is 9.86. The van der Waals surface area contributed by atoms with E-state index in [4.69, 9.17) is 4.74 Å². The largest absolute Gasteiger partial charge is 0.508 e. The highest BCUT2D eigenvalue weighted by atomic mass is 127. The van der Waals surface area contributed by atoms with Gasteiger partial charge < -0.3 is 9.84 Å². The zero-order valence-electron chi connectivity index (χ0n) is 14.0. The molecular formula is C22H16FIO2. The van der Waals surface area contributed by atoms with E-state index in [-0.39, 0.29) is 17.7 Å². The van der Waals surface area contributed by atoms with Gasteiger partial charge in [0.25, 0.3) is 0 Å². The predicted octanol–water partition coefficient (Wildman–Crippen LogP) is 6.20. The fourth-order valence-electron chi connectivity index (χ4n) is 3.32. The summed E-state index contributed by atoms with van der Waals surface area (Å²) < 4.78 is 20.9. The average molecular weight is 458 g/mol. The molecule has 1 aliphatic heterocycles. The molecule has 1 atom stereocenters. The molecule has 0 bridgehead atoms. The number of hydrogen-bond donors (Lipinski definition) is 1. The summed E-state index contributed by atoms with van der Waals surface area (Å²) in [5.41, 5.74) is 4.93. The molecule has 4 heteroatoms. The Kier molecular flexibility index (Phi) is 4.44. The molecule has 1 N–H and O–H groups in total. The van der Waals surface area contributed by atoms with Crippen LogP contribution in [0.5, 0.6) is 11.5 Å². The molecule has 0 fully saturated rings. The Bertz CT molecular complexity index is 992. The summed E-state index contributed by atoms with van der Waals surface area (Å²) in [7, 11) is 0. The standard InChI is InChI=1S/C22H16FIO2/c1-13-19-11-10-18(25)12-20(19)26-22(15-4-8-17(24)9-5-15)21(13)14-2-6-16(23)7-3-14/h2-12,22,25H,1H3. The van der Waals surface area contributed by atoms with Gasteiger partial charge in [0.1, 0.15) is 23.4 Å². The van der Waals surface area contributed by atoms with Gasteiger partial charge in [-0.3, -0.25) is 0 Å². The van der Waals surface area contributed by atoms with Crippen molar-refractivity contribution >= 4 is 33.7 Å². The molecular weight excluding hydrogens is 442 g/mol. The van der Waals surface area contributed by atoms with Crippen LogP contribution < -0.4 is 4.74 Å². The summed E-state index contributed by atoms with van der Waals surface area (Å²) >= 11 is 2.27. The van der Waals surface area contributed by atoms with Crippen LogP contribution in [-0.2, 0) is 0 Å². The number of allylic oxidation sites excluding steroid dienone is 1. The quantitative estimate of drug-likeness (QED) is 0.464. The molecule has 0 aromatic heterocycles. The Labute approximate surface area is 165 Å². The van der Waals surface area contributed by atoms with Crippen molar-refractivity contribution in [2.45, 2.75) is 13.0 Å².